The van der Waals surface area contributed by atoms with Crippen LogP contribution in [0, 0.1) is 6.92 Å². The molecule has 0 saturated heterocycles. The number of nitrogens with zero attached hydrogens (tertiary/aromatic N) is 3. The highest BCUT2D eigenvalue weighted by molar-refractivity contribution is 5.27. The monoisotopic (exact) mass is 290 g/mol. The number of aryl methyl sites for hydroxylation is 1. The average molecular weight is 290 g/mol. The number of aromatic nitrogens is 3. The van der Waals surface area contributed by atoms with Crippen LogP contribution in [0.1, 0.15) is 17.2 Å². The molecule has 0 aliphatic carbocycles. The van der Waals surface area contributed by atoms with Gasteiger partial charge in [-0.3, -0.25) is 0 Å². The van der Waals surface area contributed by atoms with Crippen molar-refractivity contribution in [3.05, 3.63) is 41.5 Å². The number of hydrogen-bond acceptors (Lipinski definition) is 5. The zero-order valence-corrected chi connectivity index (χ0v) is 12.8. The van der Waals surface area contributed by atoms with Gasteiger partial charge in [0.15, 0.2) is 5.82 Å². The van der Waals surface area contributed by atoms with Crippen LogP contribution in [0.15, 0.2) is 24.3 Å². The fourth-order valence-electron chi connectivity index (χ4n) is 1.84. The van der Waals surface area contributed by atoms with Crippen molar-refractivity contribution >= 4 is 0 Å². The fraction of sp³-hybridized carbons (Fsp3) is 0.467. The van der Waals surface area contributed by atoms with Crippen molar-refractivity contribution in [1.82, 2.24) is 20.1 Å². The van der Waals surface area contributed by atoms with Gasteiger partial charge in [-0.2, -0.15) is 0 Å². The maximum absolute atomic E-state index is 5.72. The molecule has 0 aliphatic rings. The quantitative estimate of drug-likeness (QED) is 0.745. The normalized spacial score (nSPS) is 10.8. The summed E-state index contributed by atoms with van der Waals surface area (Å²) in [5.41, 5.74) is 1.22. The molecule has 0 radical (unpaired) electrons. The summed E-state index contributed by atoms with van der Waals surface area (Å²) in [6.07, 6.45) is 0. The lowest BCUT2D eigenvalue weighted by molar-refractivity contribution is 0.199. The SMILES string of the molecule is COCCNCc1ccc(OCc2nnc(C)n2C)cc1. The summed E-state index contributed by atoms with van der Waals surface area (Å²) in [6.45, 7) is 4.73. The number of nitrogens with one attached hydrogen (secondary N) is 1. The van der Waals surface area contributed by atoms with E-state index in [0.717, 1.165) is 37.1 Å². The Bertz CT molecular complexity index is 551. The second-order valence-electron chi connectivity index (χ2n) is 4.82. The Hall–Kier alpha value is -1.92. The van der Waals surface area contributed by atoms with Crippen LogP contribution in [0.3, 0.4) is 0 Å². The first-order valence-corrected chi connectivity index (χ1v) is 6.97. The fourth-order valence-corrected chi connectivity index (χ4v) is 1.84. The van der Waals surface area contributed by atoms with Crippen LogP contribution < -0.4 is 10.1 Å². The number of ether oxygens (including phenoxy) is 2. The molecular formula is C15H22N4O2. The van der Waals surface area contributed by atoms with Gasteiger partial charge >= 0.3 is 0 Å². The van der Waals surface area contributed by atoms with Crippen LogP contribution in [-0.2, 0) is 24.9 Å². The minimum Gasteiger partial charge on any atom is -0.486 e. The van der Waals surface area contributed by atoms with Gasteiger partial charge < -0.3 is 19.4 Å². The topological polar surface area (TPSA) is 61.2 Å². The van der Waals surface area contributed by atoms with E-state index in [0.29, 0.717) is 6.61 Å². The van der Waals surface area contributed by atoms with Gasteiger partial charge in [0.25, 0.3) is 0 Å². The lowest BCUT2D eigenvalue weighted by Crippen LogP contribution is -2.18. The third-order valence-electron chi connectivity index (χ3n) is 3.29. The lowest BCUT2D eigenvalue weighted by atomic mass is 10.2. The summed E-state index contributed by atoms with van der Waals surface area (Å²) in [7, 11) is 3.63. The Balaban J connectivity index is 1.81. The van der Waals surface area contributed by atoms with E-state index in [-0.39, 0.29) is 0 Å². The molecule has 6 nitrogen and oxygen atoms in total. The summed E-state index contributed by atoms with van der Waals surface area (Å²) in [5, 5.41) is 11.4. The summed E-state index contributed by atoms with van der Waals surface area (Å²) in [6, 6.07) is 8.04. The van der Waals surface area contributed by atoms with E-state index < -0.39 is 0 Å². The molecule has 6 heteroatoms. The number of benzene rings is 1. The van der Waals surface area contributed by atoms with Crippen molar-refractivity contribution in [3.63, 3.8) is 0 Å². The molecule has 0 aliphatic heterocycles. The van der Waals surface area contributed by atoms with Gasteiger partial charge in [0, 0.05) is 27.2 Å². The van der Waals surface area contributed by atoms with Crippen LogP contribution in [0.25, 0.3) is 0 Å². The predicted octanol–water partition coefficient (Wildman–Crippen LogP) is 1.44. The van der Waals surface area contributed by atoms with E-state index in [9.17, 15) is 0 Å². The van der Waals surface area contributed by atoms with Crippen molar-refractivity contribution in [1.29, 1.82) is 0 Å². The Morgan fingerprint density at radius 1 is 1.19 bits per heavy atom. The molecular weight excluding hydrogens is 268 g/mol. The summed E-state index contributed by atoms with van der Waals surface area (Å²) in [4.78, 5) is 0. The number of rotatable bonds is 8. The maximum atomic E-state index is 5.72. The number of methoxy groups -OCH3 is 1. The molecule has 0 atom stereocenters. The van der Waals surface area contributed by atoms with Gasteiger partial charge in [-0.05, 0) is 24.6 Å². The first kappa shape index (κ1) is 15.5. The van der Waals surface area contributed by atoms with Crippen LogP contribution in [0.2, 0.25) is 0 Å². The van der Waals surface area contributed by atoms with Crippen LogP contribution >= 0.6 is 0 Å². The highest BCUT2D eigenvalue weighted by Crippen LogP contribution is 2.13. The zero-order chi connectivity index (χ0) is 15.1. The van der Waals surface area contributed by atoms with E-state index in [1.165, 1.54) is 5.56 Å². The summed E-state index contributed by atoms with van der Waals surface area (Å²) in [5.74, 6) is 2.53. The van der Waals surface area contributed by atoms with E-state index in [1.54, 1.807) is 7.11 Å². The molecule has 0 unspecified atom stereocenters. The highest BCUT2D eigenvalue weighted by Gasteiger charge is 2.05. The maximum Gasteiger partial charge on any atom is 0.170 e. The standard InChI is InChI=1S/C15H22N4O2/c1-12-17-18-15(19(12)2)11-21-14-6-4-13(5-7-14)10-16-8-9-20-3/h4-7,16H,8-11H2,1-3H3. The van der Waals surface area contributed by atoms with Gasteiger partial charge in [-0.15, -0.1) is 10.2 Å². The Labute approximate surface area is 125 Å². The van der Waals surface area contributed by atoms with E-state index in [4.69, 9.17) is 9.47 Å². The average Bonchev–Trinajstić information content (AvgIpc) is 2.82. The van der Waals surface area contributed by atoms with Crippen LogP contribution in [0.4, 0.5) is 0 Å². The second-order valence-corrected chi connectivity index (χ2v) is 4.82. The van der Waals surface area contributed by atoms with E-state index >= 15 is 0 Å². The molecule has 1 heterocycles. The van der Waals surface area contributed by atoms with Gasteiger partial charge in [0.2, 0.25) is 0 Å². The molecule has 1 aromatic carbocycles. The third-order valence-corrected chi connectivity index (χ3v) is 3.29. The molecule has 0 spiro atoms. The van der Waals surface area contributed by atoms with E-state index in [1.807, 2.05) is 30.7 Å². The molecule has 0 saturated carbocycles. The van der Waals surface area contributed by atoms with Gasteiger partial charge in [0.05, 0.1) is 6.61 Å². The molecule has 2 rings (SSSR count). The summed E-state index contributed by atoms with van der Waals surface area (Å²) < 4.78 is 12.6. The molecule has 0 bridgehead atoms. The van der Waals surface area contributed by atoms with Crippen molar-refractivity contribution < 1.29 is 9.47 Å². The first-order chi connectivity index (χ1) is 10.2. The van der Waals surface area contributed by atoms with Crippen molar-refractivity contribution in [2.24, 2.45) is 7.05 Å². The van der Waals surface area contributed by atoms with Gasteiger partial charge in [0.1, 0.15) is 18.2 Å². The highest BCUT2D eigenvalue weighted by atomic mass is 16.5. The molecule has 0 amide bonds. The van der Waals surface area contributed by atoms with Crippen LogP contribution in [-0.4, -0.2) is 35.0 Å². The van der Waals surface area contributed by atoms with Gasteiger partial charge in [-0.1, -0.05) is 12.1 Å². The molecule has 1 N–H and O–H groups in total. The third kappa shape index (κ3) is 4.54. The zero-order valence-electron chi connectivity index (χ0n) is 12.8. The largest absolute Gasteiger partial charge is 0.486 e. The second kappa shape index (κ2) is 7.75. The Morgan fingerprint density at radius 2 is 1.95 bits per heavy atom. The minimum absolute atomic E-state index is 0.419. The van der Waals surface area contributed by atoms with Gasteiger partial charge in [-0.25, -0.2) is 0 Å². The number of hydrogen-bond donors (Lipinski definition) is 1. The molecule has 1 aromatic heterocycles. The predicted molar refractivity (Wildman–Crippen MR) is 80.1 cm³/mol. The Kier molecular flexibility index (Phi) is 5.71. The van der Waals surface area contributed by atoms with Crippen molar-refractivity contribution in [2.75, 3.05) is 20.3 Å². The molecule has 21 heavy (non-hydrogen) atoms. The molecule has 114 valence electrons. The first-order valence-electron chi connectivity index (χ1n) is 6.97. The van der Waals surface area contributed by atoms with E-state index in [2.05, 4.69) is 27.6 Å². The minimum atomic E-state index is 0.419. The van der Waals surface area contributed by atoms with Crippen LogP contribution in [0.5, 0.6) is 5.75 Å². The molecule has 2 aromatic rings. The van der Waals surface area contributed by atoms with Crippen molar-refractivity contribution in [3.8, 4) is 5.75 Å². The molecule has 0 fully saturated rings. The smallest absolute Gasteiger partial charge is 0.170 e. The van der Waals surface area contributed by atoms with Crippen molar-refractivity contribution in [2.45, 2.75) is 20.1 Å². The summed E-state index contributed by atoms with van der Waals surface area (Å²) >= 11 is 0. The Morgan fingerprint density at radius 3 is 2.57 bits per heavy atom. The lowest BCUT2D eigenvalue weighted by Gasteiger charge is -2.08.